The van der Waals surface area contributed by atoms with Crippen molar-refractivity contribution in [2.24, 2.45) is 0 Å². The van der Waals surface area contributed by atoms with Gasteiger partial charge in [0.15, 0.2) is 5.78 Å². The second-order valence-corrected chi connectivity index (χ2v) is 3.75. The molecule has 1 aromatic carbocycles. The Morgan fingerprint density at radius 3 is 2.58 bits per heavy atom. The summed E-state index contributed by atoms with van der Waals surface area (Å²) in [7, 11) is 1.65. The van der Waals surface area contributed by atoms with Crippen molar-refractivity contribution in [3.63, 3.8) is 0 Å². The molecule has 0 saturated carbocycles. The normalized spacial score (nSPS) is 8.68. The van der Waals surface area contributed by atoms with Crippen LogP contribution in [0.4, 0.5) is 0 Å². The highest BCUT2D eigenvalue weighted by molar-refractivity contribution is 5.88. The predicted octanol–water partition coefficient (Wildman–Crippen LogP) is 3.14. The lowest BCUT2D eigenvalue weighted by molar-refractivity contribution is -0.114. The van der Waals surface area contributed by atoms with Crippen molar-refractivity contribution >= 4 is 12.1 Å². The first kappa shape index (κ1) is 16.8. The summed E-state index contributed by atoms with van der Waals surface area (Å²) in [6, 6.07) is 7.92. The summed E-state index contributed by atoms with van der Waals surface area (Å²) in [5.74, 6) is 0.973. The first-order chi connectivity index (χ1) is 9.17. The standard InChI is InChI=1S/C13H16O2.C3H4O/c1-3-12(14)8-4-6-11-7-5-9-13(10-11)15-2;1-2-3-4/h3,5,7,9-10H,1,4,6,8H2,2H3;2-3H,1H2. The number of benzene rings is 1. The number of carbonyl (C=O) groups is 2. The Balaban J connectivity index is 0.000000711. The minimum absolute atomic E-state index is 0.109. The minimum atomic E-state index is 0.109. The van der Waals surface area contributed by atoms with Crippen molar-refractivity contribution in [3.8, 4) is 5.75 Å². The van der Waals surface area contributed by atoms with Gasteiger partial charge in [0.1, 0.15) is 12.0 Å². The van der Waals surface area contributed by atoms with E-state index in [-0.39, 0.29) is 5.78 Å². The topological polar surface area (TPSA) is 43.4 Å². The van der Waals surface area contributed by atoms with Crippen LogP contribution in [0.25, 0.3) is 0 Å². The van der Waals surface area contributed by atoms with Crippen LogP contribution in [-0.2, 0) is 16.0 Å². The zero-order valence-corrected chi connectivity index (χ0v) is 11.3. The molecule has 0 radical (unpaired) electrons. The Kier molecular flexibility index (Phi) is 9.71. The molecule has 3 heteroatoms. The lowest BCUT2D eigenvalue weighted by Gasteiger charge is -2.03. The van der Waals surface area contributed by atoms with Crippen molar-refractivity contribution in [2.45, 2.75) is 19.3 Å². The molecule has 19 heavy (non-hydrogen) atoms. The molecular formula is C16H20O3. The number of rotatable bonds is 7. The number of carbonyl (C=O) groups excluding carboxylic acids is 2. The maximum Gasteiger partial charge on any atom is 0.155 e. The fraction of sp³-hybridized carbons (Fsp3) is 0.250. The van der Waals surface area contributed by atoms with Crippen LogP contribution in [-0.4, -0.2) is 19.2 Å². The number of methoxy groups -OCH3 is 1. The average Bonchev–Trinajstić information content (AvgIpc) is 2.47. The van der Waals surface area contributed by atoms with E-state index < -0.39 is 0 Å². The molecule has 0 N–H and O–H groups in total. The van der Waals surface area contributed by atoms with E-state index in [9.17, 15) is 4.79 Å². The number of aryl methyl sites for hydroxylation is 1. The van der Waals surface area contributed by atoms with E-state index in [0.29, 0.717) is 12.7 Å². The van der Waals surface area contributed by atoms with Crippen molar-refractivity contribution < 1.29 is 14.3 Å². The zero-order valence-electron chi connectivity index (χ0n) is 11.3. The monoisotopic (exact) mass is 260 g/mol. The Bertz CT molecular complexity index is 416. The van der Waals surface area contributed by atoms with Crippen molar-refractivity contribution in [3.05, 3.63) is 55.1 Å². The molecule has 0 spiro atoms. The summed E-state index contributed by atoms with van der Waals surface area (Å²) in [5, 5.41) is 0. The third-order valence-corrected chi connectivity index (χ3v) is 2.35. The van der Waals surface area contributed by atoms with Crippen LogP contribution in [0.2, 0.25) is 0 Å². The quantitative estimate of drug-likeness (QED) is 0.558. The van der Waals surface area contributed by atoms with Gasteiger partial charge in [0, 0.05) is 6.42 Å². The van der Waals surface area contributed by atoms with Gasteiger partial charge in [-0.05, 0) is 42.7 Å². The van der Waals surface area contributed by atoms with Crippen LogP contribution < -0.4 is 4.74 Å². The molecule has 0 aromatic heterocycles. The van der Waals surface area contributed by atoms with Crippen molar-refractivity contribution in [2.75, 3.05) is 7.11 Å². The zero-order chi connectivity index (χ0) is 14.5. The number of aldehydes is 1. The fourth-order valence-electron chi connectivity index (χ4n) is 1.40. The van der Waals surface area contributed by atoms with Gasteiger partial charge in [0.05, 0.1) is 7.11 Å². The van der Waals surface area contributed by atoms with E-state index >= 15 is 0 Å². The Morgan fingerprint density at radius 1 is 1.37 bits per heavy atom. The smallest absolute Gasteiger partial charge is 0.155 e. The van der Waals surface area contributed by atoms with Gasteiger partial charge in [-0.3, -0.25) is 9.59 Å². The maximum atomic E-state index is 11.0. The largest absolute Gasteiger partial charge is 0.497 e. The number of allylic oxidation sites excluding steroid dienone is 2. The van der Waals surface area contributed by atoms with E-state index in [0.717, 1.165) is 18.6 Å². The first-order valence-electron chi connectivity index (χ1n) is 6.02. The molecule has 0 atom stereocenters. The minimum Gasteiger partial charge on any atom is -0.497 e. The van der Waals surface area contributed by atoms with E-state index in [1.165, 1.54) is 17.7 Å². The summed E-state index contributed by atoms with van der Waals surface area (Å²) in [4.78, 5) is 20.0. The van der Waals surface area contributed by atoms with E-state index in [2.05, 4.69) is 13.2 Å². The van der Waals surface area contributed by atoms with Crippen molar-refractivity contribution in [1.29, 1.82) is 0 Å². The molecule has 0 bridgehead atoms. The number of ketones is 1. The number of hydrogen-bond acceptors (Lipinski definition) is 3. The summed E-state index contributed by atoms with van der Waals surface area (Å²) < 4.78 is 5.12. The summed E-state index contributed by atoms with van der Waals surface area (Å²) in [5.41, 5.74) is 1.20. The third-order valence-electron chi connectivity index (χ3n) is 2.35. The molecule has 3 nitrogen and oxygen atoms in total. The van der Waals surface area contributed by atoms with Gasteiger partial charge in [-0.1, -0.05) is 25.3 Å². The molecule has 0 unspecified atom stereocenters. The lowest BCUT2D eigenvalue weighted by atomic mass is 10.1. The Hall–Kier alpha value is -2.16. The Labute approximate surface area is 114 Å². The van der Waals surface area contributed by atoms with E-state index in [4.69, 9.17) is 9.53 Å². The number of hydrogen-bond donors (Lipinski definition) is 0. The van der Waals surface area contributed by atoms with Crippen LogP contribution in [0.15, 0.2) is 49.6 Å². The fourth-order valence-corrected chi connectivity index (χ4v) is 1.40. The lowest BCUT2D eigenvalue weighted by Crippen LogP contribution is -1.94. The summed E-state index contributed by atoms with van der Waals surface area (Å²) >= 11 is 0. The average molecular weight is 260 g/mol. The molecule has 0 fully saturated rings. The van der Waals surface area contributed by atoms with Gasteiger partial charge in [0.25, 0.3) is 0 Å². The maximum absolute atomic E-state index is 11.0. The van der Waals surface area contributed by atoms with Crippen molar-refractivity contribution in [1.82, 2.24) is 0 Å². The second-order valence-electron chi connectivity index (χ2n) is 3.75. The Morgan fingerprint density at radius 2 is 2.05 bits per heavy atom. The van der Waals surface area contributed by atoms with Gasteiger partial charge in [-0.25, -0.2) is 0 Å². The molecule has 0 aliphatic heterocycles. The molecule has 0 heterocycles. The van der Waals surface area contributed by atoms with Gasteiger partial charge >= 0.3 is 0 Å². The molecule has 0 aliphatic carbocycles. The van der Waals surface area contributed by atoms with Gasteiger partial charge in [-0.15, -0.1) is 0 Å². The summed E-state index contributed by atoms with van der Waals surface area (Å²) in [6.07, 6.45) is 5.54. The van der Waals surface area contributed by atoms with Gasteiger partial charge < -0.3 is 4.74 Å². The SMILES string of the molecule is C=CC(=O)CCCc1cccc(OC)c1.C=CC=O. The van der Waals surface area contributed by atoms with Crippen LogP contribution in [0.5, 0.6) is 5.75 Å². The summed E-state index contributed by atoms with van der Waals surface area (Å²) in [6.45, 7) is 6.56. The third kappa shape index (κ3) is 8.55. The highest BCUT2D eigenvalue weighted by atomic mass is 16.5. The number of ether oxygens (including phenoxy) is 1. The van der Waals surface area contributed by atoms with Crippen LogP contribution in [0, 0.1) is 0 Å². The molecule has 1 rings (SSSR count). The molecular weight excluding hydrogens is 240 g/mol. The van der Waals surface area contributed by atoms with E-state index in [1.54, 1.807) is 7.11 Å². The predicted molar refractivity (Wildman–Crippen MR) is 77.4 cm³/mol. The molecule has 0 saturated heterocycles. The molecule has 102 valence electrons. The van der Waals surface area contributed by atoms with Crippen LogP contribution in [0.3, 0.4) is 0 Å². The van der Waals surface area contributed by atoms with E-state index in [1.807, 2.05) is 24.3 Å². The molecule has 1 aromatic rings. The highest BCUT2D eigenvalue weighted by Gasteiger charge is 1.98. The van der Waals surface area contributed by atoms with Gasteiger partial charge in [-0.2, -0.15) is 0 Å². The van der Waals surface area contributed by atoms with Crippen LogP contribution in [0.1, 0.15) is 18.4 Å². The first-order valence-corrected chi connectivity index (χ1v) is 6.02. The van der Waals surface area contributed by atoms with Crippen LogP contribution >= 0.6 is 0 Å². The second kappa shape index (κ2) is 11.0. The highest BCUT2D eigenvalue weighted by Crippen LogP contribution is 2.14. The molecule has 0 amide bonds. The van der Waals surface area contributed by atoms with Gasteiger partial charge in [0.2, 0.25) is 0 Å². The molecule has 0 aliphatic rings.